The molecule has 2 aromatic heterocycles. The number of fused-ring (bicyclic) bond motifs is 1. The number of aromatic nitrogens is 2. The predicted molar refractivity (Wildman–Crippen MR) is 79.9 cm³/mol. The molecule has 1 aromatic carbocycles. The number of ether oxygens (including phenoxy) is 1. The molecular formula is C16H15N3O. The maximum absolute atomic E-state index is 5.88. The van der Waals surface area contributed by atoms with Crippen molar-refractivity contribution in [3.05, 3.63) is 60.4 Å². The van der Waals surface area contributed by atoms with Crippen molar-refractivity contribution in [2.24, 2.45) is 0 Å². The third kappa shape index (κ3) is 2.54. The molecule has 100 valence electrons. The van der Waals surface area contributed by atoms with E-state index in [1.165, 1.54) is 0 Å². The summed E-state index contributed by atoms with van der Waals surface area (Å²) in [5.41, 5.74) is 1.97. The van der Waals surface area contributed by atoms with Gasteiger partial charge >= 0.3 is 0 Å². The zero-order valence-corrected chi connectivity index (χ0v) is 11.2. The Labute approximate surface area is 117 Å². The highest BCUT2D eigenvalue weighted by Gasteiger charge is 2.03. The topological polar surface area (TPSA) is 47.0 Å². The molecule has 0 saturated carbocycles. The molecule has 0 aliphatic heterocycles. The van der Waals surface area contributed by atoms with Crippen LogP contribution in [0.15, 0.2) is 54.9 Å². The van der Waals surface area contributed by atoms with Crippen LogP contribution in [0.3, 0.4) is 0 Å². The van der Waals surface area contributed by atoms with Crippen molar-refractivity contribution in [3.63, 3.8) is 0 Å². The van der Waals surface area contributed by atoms with Crippen LogP contribution in [0.4, 0.5) is 5.82 Å². The Morgan fingerprint density at radius 3 is 2.80 bits per heavy atom. The molecular weight excluding hydrogens is 250 g/mol. The molecule has 4 nitrogen and oxygen atoms in total. The largest absolute Gasteiger partial charge is 0.488 e. The third-order valence-corrected chi connectivity index (χ3v) is 3.08. The second-order valence-corrected chi connectivity index (χ2v) is 4.42. The summed E-state index contributed by atoms with van der Waals surface area (Å²) in [5.74, 6) is 1.69. The van der Waals surface area contributed by atoms with Gasteiger partial charge in [0.1, 0.15) is 18.2 Å². The van der Waals surface area contributed by atoms with Crippen molar-refractivity contribution in [3.8, 4) is 5.75 Å². The Bertz CT molecular complexity index is 705. The molecule has 2 heterocycles. The van der Waals surface area contributed by atoms with Gasteiger partial charge in [0.15, 0.2) is 0 Å². The molecule has 0 aliphatic carbocycles. The summed E-state index contributed by atoms with van der Waals surface area (Å²) < 4.78 is 5.88. The van der Waals surface area contributed by atoms with Crippen molar-refractivity contribution >= 4 is 16.7 Å². The Morgan fingerprint density at radius 2 is 2.00 bits per heavy atom. The van der Waals surface area contributed by atoms with Crippen molar-refractivity contribution in [2.75, 3.05) is 12.4 Å². The Hall–Kier alpha value is -2.62. The number of rotatable bonds is 4. The van der Waals surface area contributed by atoms with Crippen molar-refractivity contribution < 1.29 is 4.74 Å². The molecule has 0 radical (unpaired) electrons. The standard InChI is InChI=1S/C16H15N3O/c1-17-16-8-7-12(10-19-16)11-20-15-6-2-5-14-13(15)4-3-9-18-14/h2-10H,11H2,1H3,(H,17,19). The first-order valence-electron chi connectivity index (χ1n) is 6.46. The lowest BCUT2D eigenvalue weighted by atomic mass is 10.2. The smallest absolute Gasteiger partial charge is 0.129 e. The van der Waals surface area contributed by atoms with Crippen LogP contribution >= 0.6 is 0 Å². The highest BCUT2D eigenvalue weighted by Crippen LogP contribution is 2.24. The molecule has 0 aliphatic rings. The fourth-order valence-corrected chi connectivity index (χ4v) is 2.02. The van der Waals surface area contributed by atoms with E-state index in [-0.39, 0.29) is 0 Å². The second-order valence-electron chi connectivity index (χ2n) is 4.42. The number of anilines is 1. The number of hydrogen-bond acceptors (Lipinski definition) is 4. The molecule has 20 heavy (non-hydrogen) atoms. The maximum atomic E-state index is 5.88. The fourth-order valence-electron chi connectivity index (χ4n) is 2.02. The summed E-state index contributed by atoms with van der Waals surface area (Å²) in [4.78, 5) is 8.59. The molecule has 0 spiro atoms. The lowest BCUT2D eigenvalue weighted by molar-refractivity contribution is 0.309. The van der Waals surface area contributed by atoms with Crippen LogP contribution in [0, 0.1) is 0 Å². The summed E-state index contributed by atoms with van der Waals surface area (Å²) in [5, 5.41) is 4.01. The van der Waals surface area contributed by atoms with E-state index in [2.05, 4.69) is 15.3 Å². The summed E-state index contributed by atoms with van der Waals surface area (Å²) in [6, 6.07) is 13.8. The van der Waals surface area contributed by atoms with E-state index in [0.29, 0.717) is 6.61 Å². The molecule has 0 unspecified atom stereocenters. The van der Waals surface area contributed by atoms with Crippen LogP contribution in [-0.2, 0) is 6.61 Å². The molecule has 3 rings (SSSR count). The van der Waals surface area contributed by atoms with Gasteiger partial charge < -0.3 is 10.1 Å². The van der Waals surface area contributed by atoms with Crippen molar-refractivity contribution in [2.45, 2.75) is 6.61 Å². The van der Waals surface area contributed by atoms with Gasteiger partial charge in [0.05, 0.1) is 5.52 Å². The van der Waals surface area contributed by atoms with Crippen LogP contribution in [0.5, 0.6) is 5.75 Å². The molecule has 0 atom stereocenters. The molecule has 0 bridgehead atoms. The first-order valence-corrected chi connectivity index (χ1v) is 6.46. The van der Waals surface area contributed by atoms with Gasteiger partial charge in [-0.05, 0) is 30.3 Å². The number of nitrogens with one attached hydrogen (secondary N) is 1. The molecule has 0 saturated heterocycles. The average molecular weight is 265 g/mol. The van der Waals surface area contributed by atoms with E-state index >= 15 is 0 Å². The van der Waals surface area contributed by atoms with Crippen molar-refractivity contribution in [1.82, 2.24) is 9.97 Å². The number of hydrogen-bond donors (Lipinski definition) is 1. The molecule has 0 fully saturated rings. The Kier molecular flexibility index (Phi) is 3.46. The predicted octanol–water partition coefficient (Wildman–Crippen LogP) is 3.25. The first kappa shape index (κ1) is 12.4. The minimum Gasteiger partial charge on any atom is -0.488 e. The molecule has 1 N–H and O–H groups in total. The highest BCUT2D eigenvalue weighted by molar-refractivity contribution is 5.84. The van der Waals surface area contributed by atoms with Crippen LogP contribution in [0.2, 0.25) is 0 Å². The minimum absolute atomic E-state index is 0.491. The van der Waals surface area contributed by atoms with E-state index in [1.54, 1.807) is 6.20 Å². The zero-order valence-electron chi connectivity index (χ0n) is 11.2. The Morgan fingerprint density at radius 1 is 1.05 bits per heavy atom. The zero-order chi connectivity index (χ0) is 13.8. The number of benzene rings is 1. The number of nitrogens with zero attached hydrogens (tertiary/aromatic N) is 2. The normalized spacial score (nSPS) is 10.4. The molecule has 0 amide bonds. The van der Waals surface area contributed by atoms with Gasteiger partial charge in [0.2, 0.25) is 0 Å². The SMILES string of the molecule is CNc1ccc(COc2cccc3ncccc23)cn1. The van der Waals surface area contributed by atoms with E-state index < -0.39 is 0 Å². The third-order valence-electron chi connectivity index (χ3n) is 3.08. The van der Waals surface area contributed by atoms with Gasteiger partial charge in [-0.3, -0.25) is 4.98 Å². The summed E-state index contributed by atoms with van der Waals surface area (Å²) in [6.07, 6.45) is 3.60. The average Bonchev–Trinajstić information content (AvgIpc) is 2.53. The molecule has 3 aromatic rings. The van der Waals surface area contributed by atoms with E-state index in [1.807, 2.05) is 55.7 Å². The van der Waals surface area contributed by atoms with Crippen LogP contribution in [0.25, 0.3) is 10.9 Å². The van der Waals surface area contributed by atoms with Crippen molar-refractivity contribution in [1.29, 1.82) is 0 Å². The lowest BCUT2D eigenvalue weighted by Gasteiger charge is -2.09. The van der Waals surface area contributed by atoms with Gasteiger partial charge in [-0.1, -0.05) is 12.1 Å². The lowest BCUT2D eigenvalue weighted by Crippen LogP contribution is -1.98. The van der Waals surface area contributed by atoms with E-state index in [9.17, 15) is 0 Å². The first-order chi connectivity index (χ1) is 9.86. The quantitative estimate of drug-likeness (QED) is 0.786. The second kappa shape index (κ2) is 5.57. The summed E-state index contributed by atoms with van der Waals surface area (Å²) in [7, 11) is 1.85. The minimum atomic E-state index is 0.491. The van der Waals surface area contributed by atoms with Gasteiger partial charge in [-0.2, -0.15) is 0 Å². The van der Waals surface area contributed by atoms with Gasteiger partial charge in [-0.25, -0.2) is 4.98 Å². The van der Waals surface area contributed by atoms with Gasteiger partial charge in [-0.15, -0.1) is 0 Å². The molecule has 4 heteroatoms. The summed E-state index contributed by atoms with van der Waals surface area (Å²) in [6.45, 7) is 0.491. The van der Waals surface area contributed by atoms with Gasteiger partial charge in [0.25, 0.3) is 0 Å². The van der Waals surface area contributed by atoms with E-state index in [4.69, 9.17) is 4.74 Å². The van der Waals surface area contributed by atoms with Crippen LogP contribution < -0.4 is 10.1 Å². The van der Waals surface area contributed by atoms with Gasteiger partial charge in [0, 0.05) is 30.4 Å². The van der Waals surface area contributed by atoms with Crippen LogP contribution in [0.1, 0.15) is 5.56 Å². The fraction of sp³-hybridized carbons (Fsp3) is 0.125. The number of pyridine rings is 2. The summed E-state index contributed by atoms with van der Waals surface area (Å²) >= 11 is 0. The maximum Gasteiger partial charge on any atom is 0.129 e. The monoisotopic (exact) mass is 265 g/mol. The highest BCUT2D eigenvalue weighted by atomic mass is 16.5. The Balaban J connectivity index is 1.79. The van der Waals surface area contributed by atoms with E-state index in [0.717, 1.165) is 28.0 Å². The van der Waals surface area contributed by atoms with Crippen LogP contribution in [-0.4, -0.2) is 17.0 Å².